The molecule has 0 fully saturated rings. The van der Waals surface area contributed by atoms with Gasteiger partial charge in [-0.25, -0.2) is 8.42 Å². The molecule has 0 aliphatic rings. The predicted molar refractivity (Wildman–Crippen MR) is 87.3 cm³/mol. The molecule has 0 atom stereocenters. The average Bonchev–Trinajstić information content (AvgIpc) is 2.42. The molecule has 0 saturated heterocycles. The lowest BCUT2D eigenvalue weighted by Crippen LogP contribution is -2.13. The number of aliphatic hydroxyl groups is 1. The molecule has 0 spiro atoms. The molecule has 0 amide bonds. The molecular weight excluding hydrogens is 401 g/mol. The monoisotopic (exact) mass is 409 g/mol. The highest BCUT2D eigenvalue weighted by Crippen LogP contribution is 2.28. The van der Waals surface area contributed by atoms with Crippen molar-refractivity contribution in [2.45, 2.75) is 11.5 Å². The van der Waals surface area contributed by atoms with Crippen LogP contribution in [0.1, 0.15) is 5.56 Å². The molecule has 4 nitrogen and oxygen atoms in total. The largest absolute Gasteiger partial charge is 0.392 e. The number of halogens is 3. The molecule has 21 heavy (non-hydrogen) atoms. The van der Waals surface area contributed by atoms with Crippen molar-refractivity contribution in [2.24, 2.45) is 0 Å². The summed E-state index contributed by atoms with van der Waals surface area (Å²) in [7, 11) is -3.81. The fourth-order valence-electron chi connectivity index (χ4n) is 1.60. The summed E-state index contributed by atoms with van der Waals surface area (Å²) in [6.07, 6.45) is 0. The lowest BCUT2D eigenvalue weighted by molar-refractivity contribution is 0.282. The van der Waals surface area contributed by atoms with Crippen molar-refractivity contribution in [1.82, 2.24) is 0 Å². The zero-order valence-electron chi connectivity index (χ0n) is 10.5. The first-order chi connectivity index (χ1) is 9.83. The van der Waals surface area contributed by atoms with Crippen LogP contribution in [-0.4, -0.2) is 13.5 Å². The molecule has 0 unspecified atom stereocenters. The van der Waals surface area contributed by atoms with Gasteiger partial charge in [0.1, 0.15) is 0 Å². The number of hydrogen-bond donors (Lipinski definition) is 2. The molecule has 0 saturated carbocycles. The molecule has 2 aromatic carbocycles. The summed E-state index contributed by atoms with van der Waals surface area (Å²) in [5.41, 5.74) is 0.722. The number of sulfonamides is 1. The molecule has 8 heteroatoms. The maximum atomic E-state index is 12.3. The van der Waals surface area contributed by atoms with E-state index in [-0.39, 0.29) is 27.2 Å². The van der Waals surface area contributed by atoms with E-state index in [2.05, 4.69) is 20.7 Å². The van der Waals surface area contributed by atoms with E-state index in [4.69, 9.17) is 28.3 Å². The molecule has 2 N–H and O–H groups in total. The van der Waals surface area contributed by atoms with Crippen LogP contribution >= 0.6 is 39.1 Å². The molecular formula is C13H10BrCl2NO3S. The maximum Gasteiger partial charge on any atom is 0.261 e. The smallest absolute Gasteiger partial charge is 0.261 e. The van der Waals surface area contributed by atoms with Crippen LogP contribution in [-0.2, 0) is 16.6 Å². The lowest BCUT2D eigenvalue weighted by atomic mass is 10.2. The summed E-state index contributed by atoms with van der Waals surface area (Å²) in [5.74, 6) is 0. The van der Waals surface area contributed by atoms with Crippen molar-refractivity contribution < 1.29 is 13.5 Å². The summed E-state index contributed by atoms with van der Waals surface area (Å²) in [4.78, 5) is -0.0105. The first-order valence-corrected chi connectivity index (χ1v) is 8.74. The van der Waals surface area contributed by atoms with Gasteiger partial charge in [0.2, 0.25) is 0 Å². The molecule has 0 heterocycles. The lowest BCUT2D eigenvalue weighted by Gasteiger charge is -2.11. The topological polar surface area (TPSA) is 66.4 Å². The Morgan fingerprint density at radius 1 is 1.10 bits per heavy atom. The Morgan fingerprint density at radius 3 is 2.38 bits per heavy atom. The Morgan fingerprint density at radius 2 is 1.81 bits per heavy atom. The summed E-state index contributed by atoms with van der Waals surface area (Å²) < 4.78 is 27.7. The van der Waals surface area contributed by atoms with Crippen molar-refractivity contribution in [1.29, 1.82) is 0 Å². The second kappa shape index (κ2) is 6.54. The van der Waals surface area contributed by atoms with Crippen LogP contribution in [0.3, 0.4) is 0 Å². The van der Waals surface area contributed by atoms with Crippen molar-refractivity contribution in [2.75, 3.05) is 4.72 Å². The Hall–Kier alpha value is -0.790. The first kappa shape index (κ1) is 16.6. The zero-order chi connectivity index (χ0) is 15.6. The summed E-state index contributed by atoms with van der Waals surface area (Å²) in [6.45, 7) is -0.259. The van der Waals surface area contributed by atoms with Gasteiger partial charge in [-0.3, -0.25) is 4.72 Å². The standard InChI is InChI=1S/C13H10BrCl2NO3S/c14-9-2-4-13(12(16)5-9)17-21(19,20)10-3-1-8(7-18)11(15)6-10/h1-6,17-18H,7H2. The number of aliphatic hydroxyl groups excluding tert-OH is 1. The van der Waals surface area contributed by atoms with E-state index in [0.717, 1.165) is 4.47 Å². The molecule has 0 bridgehead atoms. The highest BCUT2D eigenvalue weighted by molar-refractivity contribution is 9.10. The third kappa shape index (κ3) is 3.90. The Labute approximate surface area is 140 Å². The molecule has 0 radical (unpaired) electrons. The second-order valence-electron chi connectivity index (χ2n) is 4.14. The van der Waals surface area contributed by atoms with Crippen LogP contribution in [0.5, 0.6) is 0 Å². The summed E-state index contributed by atoms with van der Waals surface area (Å²) in [5, 5.41) is 9.49. The molecule has 0 aliphatic heterocycles. The van der Waals surface area contributed by atoms with Crippen LogP contribution in [0.4, 0.5) is 5.69 Å². The third-order valence-electron chi connectivity index (χ3n) is 2.68. The predicted octanol–water partition coefficient (Wildman–Crippen LogP) is 4.05. The summed E-state index contributed by atoms with van der Waals surface area (Å²) in [6, 6.07) is 8.91. The van der Waals surface area contributed by atoms with E-state index in [0.29, 0.717) is 5.56 Å². The fourth-order valence-corrected chi connectivity index (χ4v) is 3.79. The van der Waals surface area contributed by atoms with Crippen LogP contribution in [0.15, 0.2) is 45.8 Å². The van der Waals surface area contributed by atoms with Crippen molar-refractivity contribution in [3.63, 3.8) is 0 Å². The van der Waals surface area contributed by atoms with E-state index < -0.39 is 10.0 Å². The minimum atomic E-state index is -3.81. The Bertz CT molecular complexity index is 781. The van der Waals surface area contributed by atoms with Crippen molar-refractivity contribution in [3.8, 4) is 0 Å². The van der Waals surface area contributed by atoms with E-state index in [1.54, 1.807) is 18.2 Å². The quantitative estimate of drug-likeness (QED) is 0.798. The molecule has 2 aromatic rings. The second-order valence-corrected chi connectivity index (χ2v) is 7.55. The minimum Gasteiger partial charge on any atom is -0.392 e. The van der Waals surface area contributed by atoms with Gasteiger partial charge in [0, 0.05) is 9.50 Å². The van der Waals surface area contributed by atoms with Gasteiger partial charge in [0.05, 0.1) is 22.2 Å². The number of rotatable bonds is 4. The highest BCUT2D eigenvalue weighted by Gasteiger charge is 2.17. The van der Waals surface area contributed by atoms with Gasteiger partial charge in [-0.15, -0.1) is 0 Å². The van der Waals surface area contributed by atoms with Crippen LogP contribution in [0.25, 0.3) is 0 Å². The number of hydrogen-bond acceptors (Lipinski definition) is 3. The summed E-state index contributed by atoms with van der Waals surface area (Å²) >= 11 is 15.1. The average molecular weight is 411 g/mol. The Kier molecular flexibility index (Phi) is 5.16. The number of nitrogens with one attached hydrogen (secondary N) is 1. The zero-order valence-corrected chi connectivity index (χ0v) is 14.4. The normalized spacial score (nSPS) is 11.4. The van der Waals surface area contributed by atoms with Crippen LogP contribution < -0.4 is 4.72 Å². The van der Waals surface area contributed by atoms with Gasteiger partial charge >= 0.3 is 0 Å². The maximum absolute atomic E-state index is 12.3. The minimum absolute atomic E-state index is 0.0105. The molecule has 2 rings (SSSR count). The molecule has 0 aromatic heterocycles. The molecule has 112 valence electrons. The highest BCUT2D eigenvalue weighted by atomic mass is 79.9. The van der Waals surface area contributed by atoms with Crippen molar-refractivity contribution >= 4 is 54.8 Å². The van der Waals surface area contributed by atoms with E-state index >= 15 is 0 Å². The van der Waals surface area contributed by atoms with Gasteiger partial charge in [-0.2, -0.15) is 0 Å². The Balaban J connectivity index is 2.36. The van der Waals surface area contributed by atoms with Gasteiger partial charge in [-0.05, 0) is 35.9 Å². The fraction of sp³-hybridized carbons (Fsp3) is 0.0769. The van der Waals surface area contributed by atoms with Gasteiger partial charge < -0.3 is 5.11 Å². The van der Waals surface area contributed by atoms with Gasteiger partial charge in [-0.1, -0.05) is 45.2 Å². The SMILES string of the molecule is O=S(=O)(Nc1ccc(Br)cc1Cl)c1ccc(CO)c(Cl)c1. The van der Waals surface area contributed by atoms with E-state index in [1.165, 1.54) is 18.2 Å². The van der Waals surface area contributed by atoms with E-state index in [1.807, 2.05) is 0 Å². The van der Waals surface area contributed by atoms with Crippen LogP contribution in [0.2, 0.25) is 10.0 Å². The van der Waals surface area contributed by atoms with Crippen LogP contribution in [0, 0.1) is 0 Å². The number of benzene rings is 2. The van der Waals surface area contributed by atoms with Crippen molar-refractivity contribution in [3.05, 3.63) is 56.5 Å². The van der Waals surface area contributed by atoms with Gasteiger partial charge in [0.15, 0.2) is 0 Å². The van der Waals surface area contributed by atoms with Gasteiger partial charge in [0.25, 0.3) is 10.0 Å². The number of anilines is 1. The molecule has 0 aliphatic carbocycles. The third-order valence-corrected chi connectivity index (χ3v) is 5.20. The van der Waals surface area contributed by atoms with E-state index in [9.17, 15) is 8.42 Å². The first-order valence-electron chi connectivity index (χ1n) is 5.70.